The van der Waals surface area contributed by atoms with E-state index in [1.807, 2.05) is 24.3 Å². The van der Waals surface area contributed by atoms with Crippen molar-refractivity contribution in [1.29, 1.82) is 0 Å². The molecule has 0 radical (unpaired) electrons. The van der Waals surface area contributed by atoms with E-state index in [-0.39, 0.29) is 31.1 Å². The highest BCUT2D eigenvalue weighted by atomic mass is 35.5. The fraction of sp³-hybridized carbons (Fsp3) is 0.235. The second-order valence-electron chi connectivity index (χ2n) is 5.46. The minimum atomic E-state index is -0.222. The summed E-state index contributed by atoms with van der Waals surface area (Å²) in [5.41, 5.74) is 3.21. The summed E-state index contributed by atoms with van der Waals surface area (Å²) in [5.74, 6) is 1.34. The van der Waals surface area contributed by atoms with Crippen LogP contribution in [0, 0.1) is 0 Å². The predicted octanol–water partition coefficient (Wildman–Crippen LogP) is 2.49. The molecule has 0 spiro atoms. The van der Waals surface area contributed by atoms with E-state index < -0.39 is 0 Å². The van der Waals surface area contributed by atoms with Crippen molar-refractivity contribution in [1.82, 2.24) is 5.32 Å². The van der Waals surface area contributed by atoms with Crippen LogP contribution in [0.4, 0.5) is 5.69 Å². The number of nitrogens with one attached hydrogen (secondary N) is 2. The standard InChI is InChI=1S/C17H16N2O3.ClH/c20-17(14-7-11-3-1-2-4-12(11)9-18-14)19-13-5-6-15-16(8-13)22-10-21-15;/h1-6,8,14,18H,7,9-10H2,(H,19,20);1H/t14-;/m0./s1. The van der Waals surface area contributed by atoms with Gasteiger partial charge in [-0.1, -0.05) is 24.3 Å². The Morgan fingerprint density at radius 2 is 1.87 bits per heavy atom. The molecule has 0 aromatic heterocycles. The van der Waals surface area contributed by atoms with Crippen molar-refractivity contribution >= 4 is 24.0 Å². The Kier molecular flexibility index (Phi) is 4.41. The van der Waals surface area contributed by atoms with Gasteiger partial charge in [-0.05, 0) is 29.7 Å². The van der Waals surface area contributed by atoms with E-state index in [9.17, 15) is 4.79 Å². The van der Waals surface area contributed by atoms with Gasteiger partial charge in [-0.25, -0.2) is 0 Å². The molecule has 2 aliphatic rings. The van der Waals surface area contributed by atoms with E-state index in [2.05, 4.69) is 22.8 Å². The first kappa shape index (κ1) is 15.6. The summed E-state index contributed by atoms with van der Waals surface area (Å²) in [7, 11) is 0. The van der Waals surface area contributed by atoms with E-state index in [0.29, 0.717) is 17.9 Å². The molecule has 1 amide bonds. The molecule has 23 heavy (non-hydrogen) atoms. The molecule has 0 unspecified atom stereocenters. The number of amides is 1. The Bertz CT molecular complexity index is 736. The molecule has 6 heteroatoms. The van der Waals surface area contributed by atoms with Crippen molar-refractivity contribution in [3.63, 3.8) is 0 Å². The van der Waals surface area contributed by atoms with Gasteiger partial charge in [0.1, 0.15) is 0 Å². The number of anilines is 1. The zero-order valence-electron chi connectivity index (χ0n) is 12.4. The number of carbonyl (C=O) groups excluding carboxylic acids is 1. The van der Waals surface area contributed by atoms with Crippen molar-refractivity contribution in [3.05, 3.63) is 53.6 Å². The van der Waals surface area contributed by atoms with Crippen LogP contribution in [0.25, 0.3) is 0 Å². The molecule has 120 valence electrons. The molecule has 0 fully saturated rings. The predicted molar refractivity (Wildman–Crippen MR) is 89.2 cm³/mol. The molecule has 2 aliphatic heterocycles. The van der Waals surface area contributed by atoms with Crippen LogP contribution in [0.2, 0.25) is 0 Å². The molecule has 2 aromatic rings. The highest BCUT2D eigenvalue weighted by Crippen LogP contribution is 2.34. The first-order valence-corrected chi connectivity index (χ1v) is 7.30. The molecule has 0 saturated carbocycles. The summed E-state index contributed by atoms with van der Waals surface area (Å²) in [5, 5.41) is 6.21. The Hall–Kier alpha value is -2.24. The van der Waals surface area contributed by atoms with E-state index >= 15 is 0 Å². The molecular formula is C17H17ClN2O3. The van der Waals surface area contributed by atoms with Gasteiger partial charge in [0.15, 0.2) is 11.5 Å². The number of carbonyl (C=O) groups is 1. The number of ether oxygens (including phenoxy) is 2. The summed E-state index contributed by atoms with van der Waals surface area (Å²) in [6.07, 6.45) is 0.701. The second kappa shape index (κ2) is 6.48. The first-order chi connectivity index (χ1) is 10.8. The first-order valence-electron chi connectivity index (χ1n) is 7.30. The zero-order chi connectivity index (χ0) is 14.9. The summed E-state index contributed by atoms with van der Waals surface area (Å²) in [6.45, 7) is 0.948. The van der Waals surface area contributed by atoms with E-state index in [1.165, 1.54) is 11.1 Å². The van der Waals surface area contributed by atoms with E-state index in [1.54, 1.807) is 6.07 Å². The molecule has 2 aromatic carbocycles. The van der Waals surface area contributed by atoms with Crippen LogP contribution in [0.5, 0.6) is 11.5 Å². The van der Waals surface area contributed by atoms with Crippen LogP contribution >= 0.6 is 12.4 Å². The lowest BCUT2D eigenvalue weighted by Gasteiger charge is -2.25. The average Bonchev–Trinajstić information content (AvgIpc) is 3.02. The van der Waals surface area contributed by atoms with Gasteiger partial charge in [-0.2, -0.15) is 0 Å². The van der Waals surface area contributed by atoms with Crippen LogP contribution in [0.3, 0.4) is 0 Å². The number of benzene rings is 2. The van der Waals surface area contributed by atoms with Crippen molar-refractivity contribution in [2.24, 2.45) is 0 Å². The Morgan fingerprint density at radius 3 is 2.74 bits per heavy atom. The highest BCUT2D eigenvalue weighted by Gasteiger charge is 2.24. The Labute approximate surface area is 140 Å². The molecule has 2 N–H and O–H groups in total. The Balaban J connectivity index is 0.00000156. The van der Waals surface area contributed by atoms with Crippen LogP contribution in [-0.4, -0.2) is 18.7 Å². The van der Waals surface area contributed by atoms with Gasteiger partial charge in [-0.3, -0.25) is 4.79 Å². The van der Waals surface area contributed by atoms with Crippen LogP contribution in [-0.2, 0) is 17.8 Å². The third kappa shape index (κ3) is 3.11. The maximum absolute atomic E-state index is 12.4. The lowest BCUT2D eigenvalue weighted by Crippen LogP contribution is -2.44. The van der Waals surface area contributed by atoms with E-state index in [4.69, 9.17) is 9.47 Å². The fourth-order valence-corrected chi connectivity index (χ4v) is 2.84. The third-order valence-electron chi connectivity index (χ3n) is 4.04. The fourth-order valence-electron chi connectivity index (χ4n) is 2.84. The van der Waals surface area contributed by atoms with Crippen molar-refractivity contribution in [2.75, 3.05) is 12.1 Å². The SMILES string of the molecule is Cl.O=C(Nc1ccc2c(c1)OCO2)[C@@H]1Cc2ccccc2CN1. The molecule has 0 aliphatic carbocycles. The molecule has 2 heterocycles. The van der Waals surface area contributed by atoms with Crippen LogP contribution in [0.15, 0.2) is 42.5 Å². The van der Waals surface area contributed by atoms with Gasteiger partial charge in [-0.15, -0.1) is 12.4 Å². The Morgan fingerprint density at radius 1 is 1.09 bits per heavy atom. The lowest BCUT2D eigenvalue weighted by atomic mass is 9.95. The second-order valence-corrected chi connectivity index (χ2v) is 5.46. The number of halogens is 1. The summed E-state index contributed by atoms with van der Waals surface area (Å²) >= 11 is 0. The number of fused-ring (bicyclic) bond motifs is 2. The van der Waals surface area contributed by atoms with E-state index in [0.717, 1.165) is 12.2 Å². The lowest BCUT2D eigenvalue weighted by molar-refractivity contribution is -0.118. The van der Waals surface area contributed by atoms with Crippen molar-refractivity contribution in [3.8, 4) is 11.5 Å². The number of hydrogen-bond donors (Lipinski definition) is 2. The van der Waals surface area contributed by atoms with Crippen molar-refractivity contribution in [2.45, 2.75) is 19.0 Å². The van der Waals surface area contributed by atoms with Gasteiger partial charge >= 0.3 is 0 Å². The van der Waals surface area contributed by atoms with Gasteiger partial charge < -0.3 is 20.1 Å². The minimum absolute atomic E-state index is 0. The van der Waals surface area contributed by atoms with Crippen LogP contribution in [0.1, 0.15) is 11.1 Å². The molecular weight excluding hydrogens is 316 g/mol. The van der Waals surface area contributed by atoms with Gasteiger partial charge in [0.2, 0.25) is 12.7 Å². The van der Waals surface area contributed by atoms with Crippen molar-refractivity contribution < 1.29 is 14.3 Å². The highest BCUT2D eigenvalue weighted by molar-refractivity contribution is 5.95. The topological polar surface area (TPSA) is 59.6 Å². The molecule has 0 saturated heterocycles. The van der Waals surface area contributed by atoms with Gasteiger partial charge in [0.25, 0.3) is 0 Å². The third-order valence-corrected chi connectivity index (χ3v) is 4.04. The quantitative estimate of drug-likeness (QED) is 0.887. The summed E-state index contributed by atoms with van der Waals surface area (Å²) < 4.78 is 10.6. The largest absolute Gasteiger partial charge is 0.454 e. The average molecular weight is 333 g/mol. The monoisotopic (exact) mass is 332 g/mol. The number of hydrogen-bond acceptors (Lipinski definition) is 4. The minimum Gasteiger partial charge on any atom is -0.454 e. The molecule has 4 rings (SSSR count). The number of rotatable bonds is 2. The molecule has 5 nitrogen and oxygen atoms in total. The smallest absolute Gasteiger partial charge is 0.241 e. The molecule has 0 bridgehead atoms. The van der Waals surface area contributed by atoms with Gasteiger partial charge in [0, 0.05) is 18.3 Å². The normalized spacial score (nSPS) is 17.8. The maximum atomic E-state index is 12.4. The maximum Gasteiger partial charge on any atom is 0.241 e. The molecule has 1 atom stereocenters. The zero-order valence-corrected chi connectivity index (χ0v) is 13.2. The summed E-state index contributed by atoms with van der Waals surface area (Å²) in [6, 6.07) is 13.4. The van der Waals surface area contributed by atoms with Crippen LogP contribution < -0.4 is 20.1 Å². The van der Waals surface area contributed by atoms with Gasteiger partial charge in [0.05, 0.1) is 6.04 Å². The summed E-state index contributed by atoms with van der Waals surface area (Å²) in [4.78, 5) is 12.4.